The summed E-state index contributed by atoms with van der Waals surface area (Å²) in [6.07, 6.45) is 3.71. The van der Waals surface area contributed by atoms with Crippen molar-refractivity contribution in [2.45, 2.75) is 18.3 Å². The Morgan fingerprint density at radius 1 is 1.25 bits per heavy atom. The highest BCUT2D eigenvalue weighted by Crippen LogP contribution is 2.45. The van der Waals surface area contributed by atoms with E-state index in [1.54, 1.807) is 12.1 Å². The molecule has 0 saturated heterocycles. The molecule has 1 saturated carbocycles. The molecule has 1 nitrogen and oxygen atoms in total. The molecule has 0 bridgehead atoms. The molecule has 1 aliphatic carbocycles. The molecule has 1 aromatic carbocycles. The Morgan fingerprint density at radius 2 is 1.83 bits per heavy atom. The van der Waals surface area contributed by atoms with E-state index in [9.17, 15) is 9.18 Å². The maximum Gasteiger partial charge on any atom is 0.209 e. The number of hydrogen-bond donors (Lipinski definition) is 0. The van der Waals surface area contributed by atoms with Gasteiger partial charge in [-0.15, -0.1) is 0 Å². The minimum absolute atomic E-state index is 0.263. The molecule has 0 aliphatic heterocycles. The fraction of sp³-hybridized carbons (Fsp3) is 0.300. The standard InChI is InChI=1S/C10H8FO/c11-9-3-1-8(2-4-9)10(7-12)5-6-10/h1-4H,5-6H2. The van der Waals surface area contributed by atoms with Crippen LogP contribution in [-0.4, -0.2) is 6.29 Å². The molecule has 2 rings (SSSR count). The second-order valence-electron chi connectivity index (χ2n) is 3.19. The Hall–Kier alpha value is -1.18. The van der Waals surface area contributed by atoms with E-state index < -0.39 is 5.41 Å². The average molecular weight is 163 g/mol. The summed E-state index contributed by atoms with van der Waals surface area (Å²) in [5, 5.41) is 0. The number of rotatable bonds is 2. The lowest BCUT2D eigenvalue weighted by Gasteiger charge is -2.04. The van der Waals surface area contributed by atoms with Crippen LogP contribution in [0.2, 0.25) is 0 Å². The third-order valence-corrected chi connectivity index (χ3v) is 2.34. The number of hydrogen-bond acceptors (Lipinski definition) is 1. The molecule has 0 amide bonds. The van der Waals surface area contributed by atoms with Crippen molar-refractivity contribution in [3.63, 3.8) is 0 Å². The van der Waals surface area contributed by atoms with Gasteiger partial charge in [0.15, 0.2) is 0 Å². The zero-order chi connectivity index (χ0) is 8.60. The van der Waals surface area contributed by atoms with Crippen molar-refractivity contribution in [2.24, 2.45) is 0 Å². The van der Waals surface area contributed by atoms with E-state index in [1.807, 2.05) is 6.29 Å². The summed E-state index contributed by atoms with van der Waals surface area (Å²) in [6.45, 7) is 0. The second-order valence-corrected chi connectivity index (χ2v) is 3.19. The fourth-order valence-electron chi connectivity index (χ4n) is 1.34. The van der Waals surface area contributed by atoms with Gasteiger partial charge in [0.25, 0.3) is 0 Å². The maximum absolute atomic E-state index is 12.5. The predicted molar refractivity (Wildman–Crippen MR) is 43.0 cm³/mol. The summed E-state index contributed by atoms with van der Waals surface area (Å²) >= 11 is 0. The van der Waals surface area contributed by atoms with Gasteiger partial charge in [-0.2, -0.15) is 0 Å². The van der Waals surface area contributed by atoms with Crippen molar-refractivity contribution >= 4 is 6.29 Å². The zero-order valence-electron chi connectivity index (χ0n) is 6.51. The van der Waals surface area contributed by atoms with Crippen LogP contribution in [0.15, 0.2) is 24.3 Å². The summed E-state index contributed by atoms with van der Waals surface area (Å²) in [5.74, 6) is -0.263. The van der Waals surface area contributed by atoms with Gasteiger partial charge in [-0.05, 0) is 30.5 Å². The van der Waals surface area contributed by atoms with E-state index in [1.165, 1.54) is 12.1 Å². The van der Waals surface area contributed by atoms with Crippen LogP contribution < -0.4 is 0 Å². The summed E-state index contributed by atoms with van der Waals surface area (Å²) in [7, 11) is 0. The molecule has 0 aromatic heterocycles. The summed E-state index contributed by atoms with van der Waals surface area (Å²) in [4.78, 5) is 10.6. The van der Waals surface area contributed by atoms with Crippen molar-refractivity contribution < 1.29 is 9.18 Å². The highest BCUT2D eigenvalue weighted by atomic mass is 19.1. The predicted octanol–water partition coefficient (Wildman–Crippen LogP) is 1.97. The molecule has 12 heavy (non-hydrogen) atoms. The molecule has 0 N–H and O–H groups in total. The Labute approximate surface area is 70.2 Å². The van der Waals surface area contributed by atoms with E-state index in [4.69, 9.17) is 0 Å². The Kier molecular flexibility index (Phi) is 1.50. The molecule has 1 fully saturated rings. The maximum atomic E-state index is 12.5. The zero-order valence-corrected chi connectivity index (χ0v) is 6.51. The lowest BCUT2D eigenvalue weighted by Crippen LogP contribution is -2.06. The molecule has 1 radical (unpaired) electrons. The van der Waals surface area contributed by atoms with E-state index >= 15 is 0 Å². The monoisotopic (exact) mass is 163 g/mol. The SMILES string of the molecule is O=[C]C1(c2ccc(F)cc2)CC1. The minimum atomic E-state index is -0.395. The van der Waals surface area contributed by atoms with E-state index in [2.05, 4.69) is 0 Å². The smallest absolute Gasteiger partial charge is 0.209 e. The van der Waals surface area contributed by atoms with Crippen molar-refractivity contribution in [3.8, 4) is 0 Å². The first-order chi connectivity index (χ1) is 5.77. The largest absolute Gasteiger partial charge is 0.290 e. The van der Waals surface area contributed by atoms with Crippen LogP contribution in [0.4, 0.5) is 4.39 Å². The van der Waals surface area contributed by atoms with Crippen LogP contribution in [0, 0.1) is 5.82 Å². The quantitative estimate of drug-likeness (QED) is 0.651. The second kappa shape index (κ2) is 2.41. The molecule has 0 atom stereocenters. The van der Waals surface area contributed by atoms with Crippen molar-refractivity contribution in [1.29, 1.82) is 0 Å². The van der Waals surface area contributed by atoms with Crippen molar-refractivity contribution in [3.05, 3.63) is 35.6 Å². The van der Waals surface area contributed by atoms with Crippen LogP contribution in [-0.2, 0) is 10.2 Å². The third-order valence-electron chi connectivity index (χ3n) is 2.34. The summed E-state index contributed by atoms with van der Waals surface area (Å²) in [6, 6.07) is 6.08. The first-order valence-electron chi connectivity index (χ1n) is 3.92. The molecule has 0 unspecified atom stereocenters. The number of benzene rings is 1. The van der Waals surface area contributed by atoms with Crippen LogP contribution in [0.3, 0.4) is 0 Å². The highest BCUT2D eigenvalue weighted by molar-refractivity contribution is 5.73. The first-order valence-corrected chi connectivity index (χ1v) is 3.92. The van der Waals surface area contributed by atoms with Crippen LogP contribution in [0.5, 0.6) is 0 Å². The number of carbonyl (C=O) groups excluding carboxylic acids is 1. The van der Waals surface area contributed by atoms with Crippen LogP contribution in [0.25, 0.3) is 0 Å². The fourth-order valence-corrected chi connectivity index (χ4v) is 1.34. The average Bonchev–Trinajstić information content (AvgIpc) is 2.86. The lowest BCUT2D eigenvalue weighted by molar-refractivity contribution is 0.540. The van der Waals surface area contributed by atoms with E-state index in [0.717, 1.165) is 18.4 Å². The van der Waals surface area contributed by atoms with Gasteiger partial charge < -0.3 is 0 Å². The van der Waals surface area contributed by atoms with Crippen LogP contribution >= 0.6 is 0 Å². The van der Waals surface area contributed by atoms with Gasteiger partial charge >= 0.3 is 0 Å². The molecule has 1 aliphatic rings. The molecule has 0 spiro atoms. The van der Waals surface area contributed by atoms with Crippen molar-refractivity contribution in [1.82, 2.24) is 0 Å². The van der Waals surface area contributed by atoms with Crippen LogP contribution in [0.1, 0.15) is 18.4 Å². The Balaban J connectivity index is 2.35. The number of halogens is 1. The topological polar surface area (TPSA) is 17.1 Å². The van der Waals surface area contributed by atoms with Gasteiger partial charge in [0.1, 0.15) is 5.82 Å². The van der Waals surface area contributed by atoms with Gasteiger partial charge in [-0.3, -0.25) is 4.79 Å². The highest BCUT2D eigenvalue weighted by Gasteiger charge is 2.45. The molecule has 1 aromatic rings. The van der Waals surface area contributed by atoms with Gasteiger partial charge in [0.05, 0.1) is 5.41 Å². The van der Waals surface area contributed by atoms with Gasteiger partial charge in [0, 0.05) is 0 Å². The molecule has 2 heteroatoms. The Morgan fingerprint density at radius 3 is 2.25 bits per heavy atom. The van der Waals surface area contributed by atoms with Gasteiger partial charge in [-0.1, -0.05) is 12.1 Å². The third kappa shape index (κ3) is 1.04. The van der Waals surface area contributed by atoms with E-state index in [0.29, 0.717) is 0 Å². The minimum Gasteiger partial charge on any atom is -0.290 e. The Bertz CT molecular complexity index is 298. The van der Waals surface area contributed by atoms with Gasteiger partial charge in [0.2, 0.25) is 6.29 Å². The first kappa shape index (κ1) is 7.47. The van der Waals surface area contributed by atoms with E-state index in [-0.39, 0.29) is 5.82 Å². The van der Waals surface area contributed by atoms with Crippen molar-refractivity contribution in [2.75, 3.05) is 0 Å². The molecule has 0 heterocycles. The molecular weight excluding hydrogens is 155 g/mol. The molecular formula is C10H8FO. The summed E-state index contributed by atoms with van der Waals surface area (Å²) < 4.78 is 12.5. The van der Waals surface area contributed by atoms with Gasteiger partial charge in [-0.25, -0.2) is 4.39 Å². The lowest BCUT2D eigenvalue weighted by atomic mass is 9.98. The normalized spacial score (nSPS) is 18.8. The molecule has 61 valence electrons. The summed E-state index contributed by atoms with van der Waals surface area (Å²) in [5.41, 5.74) is 0.493.